The lowest BCUT2D eigenvalue weighted by molar-refractivity contribution is 0.414. The highest BCUT2D eigenvalue weighted by atomic mass is 79.9. The van der Waals surface area contributed by atoms with Gasteiger partial charge in [-0.1, -0.05) is 28.1 Å². The Morgan fingerprint density at radius 3 is 2.57 bits per heavy atom. The van der Waals surface area contributed by atoms with E-state index < -0.39 is 0 Å². The van der Waals surface area contributed by atoms with Crippen molar-refractivity contribution in [2.24, 2.45) is 0 Å². The van der Waals surface area contributed by atoms with Crippen LogP contribution in [-0.2, 0) is 13.0 Å². The summed E-state index contributed by atoms with van der Waals surface area (Å²) in [5.74, 6) is 0.679. The number of nitrogens with one attached hydrogen (secondary N) is 1. The van der Waals surface area contributed by atoms with Gasteiger partial charge in [0.05, 0.1) is 7.11 Å². The van der Waals surface area contributed by atoms with E-state index in [4.69, 9.17) is 4.74 Å². The van der Waals surface area contributed by atoms with Crippen molar-refractivity contribution >= 4 is 15.9 Å². The van der Waals surface area contributed by atoms with Gasteiger partial charge in [0.25, 0.3) is 0 Å². The predicted octanol–water partition coefficient (Wildman–Crippen LogP) is 4.32. The minimum atomic E-state index is -0.178. The van der Waals surface area contributed by atoms with Crippen molar-refractivity contribution in [3.05, 3.63) is 63.9 Å². The normalized spacial score (nSPS) is 12.2. The highest BCUT2D eigenvalue weighted by Gasteiger charge is 2.07. The average Bonchev–Trinajstić information content (AvgIpc) is 2.49. The Morgan fingerprint density at radius 2 is 1.90 bits per heavy atom. The number of halogens is 2. The standard InChI is InChI=1S/C17H19BrFNO/c1-12(9-13-3-6-16(21-2)7-4-13)20-11-14-10-15(18)5-8-17(14)19/h3-8,10,12,20H,9,11H2,1-2H3. The first-order chi connectivity index (χ1) is 10.1. The zero-order valence-electron chi connectivity index (χ0n) is 12.2. The molecule has 0 aromatic heterocycles. The molecule has 0 spiro atoms. The van der Waals surface area contributed by atoms with E-state index in [0.29, 0.717) is 12.1 Å². The van der Waals surface area contributed by atoms with E-state index in [2.05, 4.69) is 40.3 Å². The zero-order chi connectivity index (χ0) is 15.2. The van der Waals surface area contributed by atoms with Gasteiger partial charge in [-0.2, -0.15) is 0 Å². The van der Waals surface area contributed by atoms with E-state index in [9.17, 15) is 4.39 Å². The van der Waals surface area contributed by atoms with Gasteiger partial charge in [0.15, 0.2) is 0 Å². The molecule has 0 bridgehead atoms. The summed E-state index contributed by atoms with van der Waals surface area (Å²) in [4.78, 5) is 0. The molecule has 2 nitrogen and oxygen atoms in total. The van der Waals surface area contributed by atoms with E-state index >= 15 is 0 Å². The fourth-order valence-electron chi connectivity index (χ4n) is 2.15. The summed E-state index contributed by atoms with van der Waals surface area (Å²) in [6.45, 7) is 2.61. The van der Waals surface area contributed by atoms with Gasteiger partial charge in [0.1, 0.15) is 11.6 Å². The summed E-state index contributed by atoms with van der Waals surface area (Å²) in [6, 6.07) is 13.3. The molecule has 0 amide bonds. The molecule has 0 aliphatic rings. The second-order valence-corrected chi connectivity index (χ2v) is 5.99. The second kappa shape index (κ2) is 7.57. The van der Waals surface area contributed by atoms with Crippen molar-refractivity contribution < 1.29 is 9.13 Å². The smallest absolute Gasteiger partial charge is 0.127 e. The van der Waals surface area contributed by atoms with Gasteiger partial charge in [-0.3, -0.25) is 0 Å². The van der Waals surface area contributed by atoms with Crippen LogP contribution in [0.25, 0.3) is 0 Å². The molecule has 0 aliphatic carbocycles. The van der Waals surface area contributed by atoms with Gasteiger partial charge in [-0.15, -0.1) is 0 Å². The van der Waals surface area contributed by atoms with Crippen molar-refractivity contribution in [2.45, 2.75) is 25.9 Å². The molecule has 21 heavy (non-hydrogen) atoms. The Labute approximate surface area is 133 Å². The topological polar surface area (TPSA) is 21.3 Å². The van der Waals surface area contributed by atoms with Crippen molar-refractivity contribution in [2.75, 3.05) is 7.11 Å². The molecular formula is C17H19BrFNO. The van der Waals surface area contributed by atoms with Gasteiger partial charge in [-0.05, 0) is 49.2 Å². The Balaban J connectivity index is 1.89. The molecule has 2 aromatic rings. The number of ether oxygens (including phenoxy) is 1. The minimum Gasteiger partial charge on any atom is -0.497 e. The fraction of sp³-hybridized carbons (Fsp3) is 0.294. The lowest BCUT2D eigenvalue weighted by Crippen LogP contribution is -2.27. The molecule has 112 valence electrons. The highest BCUT2D eigenvalue weighted by molar-refractivity contribution is 9.10. The van der Waals surface area contributed by atoms with Crippen LogP contribution < -0.4 is 10.1 Å². The van der Waals surface area contributed by atoms with Crippen LogP contribution in [0.15, 0.2) is 46.9 Å². The Kier molecular flexibility index (Phi) is 5.76. The first kappa shape index (κ1) is 16.0. The average molecular weight is 352 g/mol. The van der Waals surface area contributed by atoms with Crippen molar-refractivity contribution in [1.29, 1.82) is 0 Å². The maximum Gasteiger partial charge on any atom is 0.127 e. The van der Waals surface area contributed by atoms with E-state index in [1.165, 1.54) is 11.6 Å². The number of hydrogen-bond donors (Lipinski definition) is 1. The second-order valence-electron chi connectivity index (χ2n) is 5.07. The van der Waals surface area contributed by atoms with Gasteiger partial charge in [-0.25, -0.2) is 4.39 Å². The van der Waals surface area contributed by atoms with E-state index in [1.54, 1.807) is 13.2 Å². The van der Waals surface area contributed by atoms with Crippen LogP contribution in [0, 0.1) is 5.82 Å². The summed E-state index contributed by atoms with van der Waals surface area (Å²) in [5, 5.41) is 3.35. The third-order valence-electron chi connectivity index (χ3n) is 3.35. The molecule has 2 aromatic carbocycles. The van der Waals surface area contributed by atoms with Crippen molar-refractivity contribution in [1.82, 2.24) is 5.32 Å². The van der Waals surface area contributed by atoms with Crippen LogP contribution in [0.3, 0.4) is 0 Å². The summed E-state index contributed by atoms with van der Waals surface area (Å²) in [7, 11) is 1.66. The summed E-state index contributed by atoms with van der Waals surface area (Å²) in [6.07, 6.45) is 0.889. The summed E-state index contributed by atoms with van der Waals surface area (Å²) in [5.41, 5.74) is 1.90. The Bertz CT molecular complexity index is 586. The number of methoxy groups -OCH3 is 1. The molecular weight excluding hydrogens is 333 g/mol. The zero-order valence-corrected chi connectivity index (χ0v) is 13.8. The van der Waals surface area contributed by atoms with Crippen molar-refractivity contribution in [3.63, 3.8) is 0 Å². The molecule has 0 heterocycles. The first-order valence-corrected chi connectivity index (χ1v) is 7.68. The molecule has 1 unspecified atom stereocenters. The Morgan fingerprint density at radius 1 is 1.19 bits per heavy atom. The molecule has 0 aliphatic heterocycles. The predicted molar refractivity (Wildman–Crippen MR) is 87.1 cm³/mol. The summed E-state index contributed by atoms with van der Waals surface area (Å²) >= 11 is 3.36. The first-order valence-electron chi connectivity index (χ1n) is 6.88. The van der Waals surface area contributed by atoms with Gasteiger partial charge in [0, 0.05) is 22.6 Å². The van der Waals surface area contributed by atoms with Crippen LogP contribution in [-0.4, -0.2) is 13.2 Å². The van der Waals surface area contributed by atoms with E-state index in [0.717, 1.165) is 16.6 Å². The van der Waals surface area contributed by atoms with Crippen LogP contribution in [0.5, 0.6) is 5.75 Å². The van der Waals surface area contributed by atoms with E-state index in [1.807, 2.05) is 18.2 Å². The largest absolute Gasteiger partial charge is 0.497 e. The minimum absolute atomic E-state index is 0.178. The number of rotatable bonds is 6. The quantitative estimate of drug-likeness (QED) is 0.836. The molecule has 0 fully saturated rings. The molecule has 4 heteroatoms. The molecule has 0 saturated carbocycles. The van der Waals surface area contributed by atoms with Crippen LogP contribution in [0.2, 0.25) is 0 Å². The molecule has 1 atom stereocenters. The maximum absolute atomic E-state index is 13.7. The fourth-order valence-corrected chi connectivity index (χ4v) is 2.56. The van der Waals surface area contributed by atoms with E-state index in [-0.39, 0.29) is 11.9 Å². The molecule has 2 rings (SSSR count). The van der Waals surface area contributed by atoms with Crippen LogP contribution >= 0.6 is 15.9 Å². The van der Waals surface area contributed by atoms with Crippen LogP contribution in [0.1, 0.15) is 18.1 Å². The molecule has 1 N–H and O–H groups in total. The Hall–Kier alpha value is -1.39. The highest BCUT2D eigenvalue weighted by Crippen LogP contribution is 2.16. The summed E-state index contributed by atoms with van der Waals surface area (Å²) < 4.78 is 19.7. The number of hydrogen-bond acceptors (Lipinski definition) is 2. The lowest BCUT2D eigenvalue weighted by Gasteiger charge is -2.15. The lowest BCUT2D eigenvalue weighted by atomic mass is 10.1. The monoisotopic (exact) mass is 351 g/mol. The van der Waals surface area contributed by atoms with Gasteiger partial charge >= 0.3 is 0 Å². The third kappa shape index (κ3) is 4.83. The van der Waals surface area contributed by atoms with Crippen molar-refractivity contribution in [3.8, 4) is 5.75 Å². The SMILES string of the molecule is COc1ccc(CC(C)NCc2cc(Br)ccc2F)cc1. The number of benzene rings is 2. The molecule has 0 saturated heterocycles. The van der Waals surface area contributed by atoms with Crippen LogP contribution in [0.4, 0.5) is 4.39 Å². The van der Waals surface area contributed by atoms with Gasteiger partial charge < -0.3 is 10.1 Å². The van der Waals surface area contributed by atoms with Gasteiger partial charge in [0.2, 0.25) is 0 Å². The maximum atomic E-state index is 13.7. The molecule has 0 radical (unpaired) electrons. The third-order valence-corrected chi connectivity index (χ3v) is 3.84.